The van der Waals surface area contributed by atoms with Gasteiger partial charge in [-0.25, -0.2) is 9.59 Å². The van der Waals surface area contributed by atoms with Crippen molar-refractivity contribution in [2.75, 3.05) is 13.1 Å². The number of non-ortho nitro benzene ring substituents is 1. The Bertz CT molecular complexity index is 1730. The van der Waals surface area contributed by atoms with Gasteiger partial charge in [0, 0.05) is 25.0 Å². The molecule has 3 rings (SSSR count). The first-order chi connectivity index (χ1) is 25.1. The largest absolute Gasteiger partial charge is 0.459 e. The molecule has 0 saturated carbocycles. The van der Waals surface area contributed by atoms with Crippen LogP contribution in [0.3, 0.4) is 0 Å². The molecule has 3 aromatic carbocycles. The average Bonchev–Trinajstić information content (AvgIpc) is 3.11. The normalized spacial score (nSPS) is 12.5. The number of amides is 5. The van der Waals surface area contributed by atoms with Crippen LogP contribution >= 0.6 is 0 Å². The summed E-state index contributed by atoms with van der Waals surface area (Å²) in [6.07, 6.45) is -0.703. The van der Waals surface area contributed by atoms with E-state index in [1.165, 1.54) is 31.2 Å². The second kappa shape index (κ2) is 19.9. The van der Waals surface area contributed by atoms with Gasteiger partial charge in [-0.3, -0.25) is 29.3 Å². The van der Waals surface area contributed by atoms with Gasteiger partial charge in [0.15, 0.2) is 0 Å². The number of rotatable bonds is 17. The highest BCUT2D eigenvalue weighted by Gasteiger charge is 2.29. The summed E-state index contributed by atoms with van der Waals surface area (Å²) in [6.45, 7) is 5.19. The van der Waals surface area contributed by atoms with Crippen LogP contribution in [0, 0.1) is 10.1 Å². The van der Waals surface area contributed by atoms with Gasteiger partial charge in [0.1, 0.15) is 36.9 Å². The summed E-state index contributed by atoms with van der Waals surface area (Å²) >= 11 is 0. The molecule has 0 aliphatic rings. The molecule has 0 radical (unpaired) electrons. The Morgan fingerprint density at radius 1 is 0.679 bits per heavy atom. The van der Waals surface area contributed by atoms with Crippen LogP contribution in [0.5, 0.6) is 0 Å². The molecular weight excluding hydrogens is 688 g/mol. The standard InChI is InChI=1S/C37H44N6O10/c1-24(40-31(44)22-39-36(49)53-37(2,3)4)33(46)38-21-32(45)41-29(19-25-11-7-5-8-12-25)34(47)42-30(20-26-13-9-6-10-14-26)35(48)52-23-27-15-17-28(18-16-27)43(50)51/h5-18,24,29-30H,19-23H2,1-4H3,(H,38,46)(H,39,49)(H,40,44)(H,41,45)(H,42,47)/t24-,29-,30+/m0/s1. The highest BCUT2D eigenvalue weighted by Crippen LogP contribution is 2.14. The minimum Gasteiger partial charge on any atom is -0.459 e. The molecular formula is C37H44N6O10. The second-order valence-corrected chi connectivity index (χ2v) is 13.0. The molecule has 0 unspecified atom stereocenters. The molecule has 53 heavy (non-hydrogen) atoms. The van der Waals surface area contributed by atoms with Crippen molar-refractivity contribution in [2.24, 2.45) is 0 Å². The zero-order chi connectivity index (χ0) is 39.0. The fourth-order valence-corrected chi connectivity index (χ4v) is 4.73. The number of carbonyl (C=O) groups excluding carboxylic acids is 6. The van der Waals surface area contributed by atoms with E-state index in [0.29, 0.717) is 11.1 Å². The monoisotopic (exact) mass is 732 g/mol. The van der Waals surface area contributed by atoms with Crippen LogP contribution in [0.2, 0.25) is 0 Å². The van der Waals surface area contributed by atoms with Gasteiger partial charge in [-0.05, 0) is 56.5 Å². The Hall–Kier alpha value is -6.32. The lowest BCUT2D eigenvalue weighted by molar-refractivity contribution is -0.384. The fourth-order valence-electron chi connectivity index (χ4n) is 4.73. The summed E-state index contributed by atoms with van der Waals surface area (Å²) in [7, 11) is 0. The smallest absolute Gasteiger partial charge is 0.408 e. The van der Waals surface area contributed by atoms with Crippen molar-refractivity contribution in [2.45, 2.75) is 70.9 Å². The molecule has 16 heteroatoms. The summed E-state index contributed by atoms with van der Waals surface area (Å²) in [5, 5.41) is 23.4. The Kier molecular flexibility index (Phi) is 15.4. The average molecular weight is 733 g/mol. The number of nitro benzene ring substituents is 1. The van der Waals surface area contributed by atoms with Crippen molar-refractivity contribution in [1.82, 2.24) is 26.6 Å². The number of nitrogens with one attached hydrogen (secondary N) is 5. The van der Waals surface area contributed by atoms with E-state index in [2.05, 4.69) is 26.6 Å². The third kappa shape index (κ3) is 15.2. The Morgan fingerprint density at radius 2 is 1.21 bits per heavy atom. The number of nitrogens with zero attached hydrogens (tertiary/aromatic N) is 1. The zero-order valence-corrected chi connectivity index (χ0v) is 29.9. The van der Waals surface area contributed by atoms with Crippen LogP contribution in [0.25, 0.3) is 0 Å². The number of nitro groups is 1. The summed E-state index contributed by atoms with van der Waals surface area (Å²) in [6, 6.07) is 19.8. The fraction of sp³-hybridized carbons (Fsp3) is 0.351. The molecule has 0 aliphatic carbocycles. The van der Waals surface area contributed by atoms with Crippen LogP contribution < -0.4 is 26.6 Å². The number of hydrogen-bond acceptors (Lipinski definition) is 10. The van der Waals surface area contributed by atoms with Crippen molar-refractivity contribution in [3.63, 3.8) is 0 Å². The molecule has 0 aliphatic heterocycles. The summed E-state index contributed by atoms with van der Waals surface area (Å²) in [4.78, 5) is 87.2. The molecule has 0 bridgehead atoms. The van der Waals surface area contributed by atoms with Crippen molar-refractivity contribution in [1.29, 1.82) is 0 Å². The third-order valence-electron chi connectivity index (χ3n) is 7.33. The van der Waals surface area contributed by atoms with Gasteiger partial charge < -0.3 is 36.1 Å². The maximum Gasteiger partial charge on any atom is 0.408 e. The topological polar surface area (TPSA) is 224 Å². The van der Waals surface area contributed by atoms with Crippen molar-refractivity contribution in [3.05, 3.63) is 112 Å². The number of benzene rings is 3. The maximum atomic E-state index is 13.7. The van der Waals surface area contributed by atoms with Gasteiger partial charge in [0.25, 0.3) is 5.69 Å². The van der Waals surface area contributed by atoms with E-state index >= 15 is 0 Å². The Labute approximate surface area is 306 Å². The molecule has 0 aromatic heterocycles. The summed E-state index contributed by atoms with van der Waals surface area (Å²) in [5.74, 6) is -3.55. The summed E-state index contributed by atoms with van der Waals surface area (Å²) in [5.41, 5.74) is 1.04. The molecule has 0 heterocycles. The Morgan fingerprint density at radius 3 is 1.75 bits per heavy atom. The molecule has 0 spiro atoms. The zero-order valence-electron chi connectivity index (χ0n) is 29.9. The van der Waals surface area contributed by atoms with Crippen LogP contribution in [-0.4, -0.2) is 77.4 Å². The molecule has 282 valence electrons. The molecule has 5 amide bonds. The minimum absolute atomic E-state index is 0.0410. The molecule has 5 N–H and O–H groups in total. The Balaban J connectivity index is 1.64. The van der Waals surface area contributed by atoms with Gasteiger partial charge in [-0.1, -0.05) is 60.7 Å². The third-order valence-corrected chi connectivity index (χ3v) is 7.33. The van der Waals surface area contributed by atoms with Gasteiger partial charge in [0.2, 0.25) is 23.6 Å². The van der Waals surface area contributed by atoms with E-state index < -0.39 is 77.4 Å². The quantitative estimate of drug-likeness (QED) is 0.0773. The highest BCUT2D eigenvalue weighted by molar-refractivity contribution is 5.94. The van der Waals surface area contributed by atoms with Crippen LogP contribution in [0.1, 0.15) is 44.4 Å². The number of carbonyl (C=O) groups is 6. The van der Waals surface area contributed by atoms with E-state index in [-0.39, 0.29) is 25.1 Å². The van der Waals surface area contributed by atoms with E-state index in [1.54, 1.807) is 81.4 Å². The van der Waals surface area contributed by atoms with Gasteiger partial charge in [-0.15, -0.1) is 0 Å². The van der Waals surface area contributed by atoms with Crippen LogP contribution in [0.4, 0.5) is 10.5 Å². The van der Waals surface area contributed by atoms with E-state index in [4.69, 9.17) is 9.47 Å². The second-order valence-electron chi connectivity index (χ2n) is 13.0. The van der Waals surface area contributed by atoms with Gasteiger partial charge in [-0.2, -0.15) is 0 Å². The van der Waals surface area contributed by atoms with Gasteiger partial charge in [0.05, 0.1) is 11.5 Å². The lowest BCUT2D eigenvalue weighted by atomic mass is 10.0. The van der Waals surface area contributed by atoms with E-state index in [0.717, 1.165) is 5.56 Å². The first kappa shape index (κ1) is 41.1. The molecule has 3 atom stereocenters. The molecule has 0 saturated heterocycles. The van der Waals surface area contributed by atoms with Crippen LogP contribution in [-0.2, 0) is 52.9 Å². The highest BCUT2D eigenvalue weighted by atomic mass is 16.6. The number of alkyl carbamates (subject to hydrolysis) is 1. The van der Waals surface area contributed by atoms with E-state index in [9.17, 15) is 38.9 Å². The maximum absolute atomic E-state index is 13.7. The number of ether oxygens (including phenoxy) is 2. The van der Waals surface area contributed by atoms with Crippen molar-refractivity contribution >= 4 is 41.4 Å². The summed E-state index contributed by atoms with van der Waals surface area (Å²) < 4.78 is 10.6. The number of hydrogen-bond donors (Lipinski definition) is 5. The molecule has 3 aromatic rings. The first-order valence-electron chi connectivity index (χ1n) is 16.7. The molecule has 16 nitrogen and oxygen atoms in total. The van der Waals surface area contributed by atoms with Crippen molar-refractivity contribution in [3.8, 4) is 0 Å². The van der Waals surface area contributed by atoms with E-state index in [1.807, 2.05) is 0 Å². The van der Waals surface area contributed by atoms with Gasteiger partial charge >= 0.3 is 12.1 Å². The predicted molar refractivity (Wildman–Crippen MR) is 192 cm³/mol. The lowest BCUT2D eigenvalue weighted by Gasteiger charge is -2.23. The first-order valence-corrected chi connectivity index (χ1v) is 16.7. The number of esters is 1. The lowest BCUT2D eigenvalue weighted by Crippen LogP contribution is -2.55. The molecule has 0 fully saturated rings. The minimum atomic E-state index is -1.18. The SMILES string of the molecule is C[C@H](NC(=O)CNC(=O)OC(C)(C)C)C(=O)NCC(=O)N[C@@H](Cc1ccccc1)C(=O)N[C@H](Cc1ccccc1)C(=O)OCc1ccc([N+](=O)[O-])cc1. The van der Waals surface area contributed by atoms with Crippen LogP contribution in [0.15, 0.2) is 84.9 Å². The van der Waals surface area contributed by atoms with Crippen molar-refractivity contribution < 1.29 is 43.2 Å². The predicted octanol–water partition coefficient (Wildman–Crippen LogP) is 2.24.